The standard InChI is InChI=1S/C35H45N9O7.C31H41N7O8.Li.2H2O/c1-5-50-32(48)35-18-23(35)11-9-7-6-8-10-12-25(39-33(49)51-34(2,3)4)30(46)43-20-24(17-26(43)29(45)40-35)44-31(47)28(42-16-14-37-22-42)27(19-38-44)41-15-13-36-21-41;1-30(2,3)46-29(44)34-21-11-9-7-5-6-8-10-19-15-31(19,28(42)43)35-25(39)22-14-20(17-37(22)26(21)40)38-27(41)24(23(45-4)16-33-38)36-13-12-32-18-36;;;/h9,11,13-16,19,21-26H,5-8,10,12,17-18,20H2,1-4H3,(H,39,49)(H,40,45);8,10,12-13,16,18-22H,5-7,9,11,14-15,17H2,1-4H3,(H,34,44)(H,35,39)(H,42,43);;2*1H2/q;;+1;;/p-1/b11-9-;10-8-;;;/t23-,24-,25+,26+,35-;19-,20-,21+,22+,31-;;;/m11.../s1. The number of nitrogens with one attached hydrogen (secondary N) is 4. The molecule has 2 saturated carbocycles. The van der Waals surface area contributed by atoms with E-state index in [1.807, 2.05) is 24.3 Å². The summed E-state index contributed by atoms with van der Waals surface area (Å²) in [5, 5.41) is 30.0. The zero-order valence-corrected chi connectivity index (χ0v) is 57.8. The molecular weight excluding hydrogens is 1300 g/mol. The molecule has 11 rings (SSSR count). The number of aliphatic carboxylic acids is 1. The number of esters is 1. The number of aromatic nitrogens is 10. The number of carbonyl (C=O) groups excluding carboxylic acids is 7. The van der Waals surface area contributed by atoms with Gasteiger partial charge in [0.2, 0.25) is 23.6 Å². The van der Waals surface area contributed by atoms with Gasteiger partial charge in [0.05, 0.1) is 62.9 Å². The quantitative estimate of drug-likeness (QED) is 0.0522. The fourth-order valence-corrected chi connectivity index (χ4v) is 13.1. The average Bonchev–Trinajstić information content (AvgIpc) is 1.58. The Bertz CT molecular complexity index is 3900. The molecule has 5 aromatic rings. The van der Waals surface area contributed by atoms with Crippen LogP contribution in [0, 0.1) is 11.8 Å². The van der Waals surface area contributed by atoms with Gasteiger partial charge in [-0.2, -0.15) is 10.2 Å². The molecule has 8 N–H and O–H groups in total. The summed E-state index contributed by atoms with van der Waals surface area (Å²) in [6.07, 6.45) is 30.3. The number of allylic oxidation sites excluding steroid dienone is 2. The fraction of sp³-hybridized carbons (Fsp3) is 0.561. The van der Waals surface area contributed by atoms with Gasteiger partial charge in [-0.25, -0.2) is 43.5 Å². The molecule has 2 saturated heterocycles. The smallest absolute Gasteiger partial charge is 0.870 e. The number of ether oxygens (including phenoxy) is 4. The molecule has 0 aromatic carbocycles. The molecule has 536 valence electrons. The van der Waals surface area contributed by atoms with Gasteiger partial charge in [-0.3, -0.25) is 37.9 Å². The Morgan fingerprint density at radius 3 is 1.52 bits per heavy atom. The first-order chi connectivity index (χ1) is 46.3. The van der Waals surface area contributed by atoms with E-state index in [1.165, 1.54) is 62.1 Å². The van der Waals surface area contributed by atoms with Gasteiger partial charge >= 0.3 is 43.0 Å². The van der Waals surface area contributed by atoms with E-state index in [0.717, 1.165) is 38.5 Å². The number of alkyl carbamates (subject to hydrolysis) is 2. The van der Waals surface area contributed by atoms with Crippen LogP contribution in [0.4, 0.5) is 9.59 Å². The van der Waals surface area contributed by atoms with Crippen LogP contribution in [0.2, 0.25) is 0 Å². The second-order valence-electron chi connectivity index (χ2n) is 27.2. The normalized spacial score (nSPS) is 26.1. The molecular formula is C66H89LiN16O17. The maximum atomic E-state index is 14.5. The first-order valence-electron chi connectivity index (χ1n) is 33.0. The van der Waals surface area contributed by atoms with Crippen molar-refractivity contribution in [3.8, 4) is 22.8 Å². The van der Waals surface area contributed by atoms with Crippen LogP contribution in [0.5, 0.6) is 5.75 Å². The van der Waals surface area contributed by atoms with E-state index >= 15 is 0 Å². The minimum atomic E-state index is -1.49. The summed E-state index contributed by atoms with van der Waals surface area (Å²) in [6.45, 7) is 12.0. The molecule has 0 radical (unpaired) electrons. The van der Waals surface area contributed by atoms with E-state index < -0.39 is 117 Å². The fourth-order valence-electron chi connectivity index (χ4n) is 13.1. The number of carboxylic acid groups (broad SMARTS) is 1. The summed E-state index contributed by atoms with van der Waals surface area (Å²) in [5.41, 5.74) is -4.50. The maximum Gasteiger partial charge on any atom is 1.00 e. The molecule has 100 heavy (non-hydrogen) atoms. The van der Waals surface area contributed by atoms with Gasteiger partial charge in [0.1, 0.15) is 52.1 Å². The molecule has 10 atom stereocenters. The summed E-state index contributed by atoms with van der Waals surface area (Å²) in [7, 11) is 1.41. The minimum absolute atomic E-state index is 0. The Labute approximate surface area is 588 Å². The number of hydrogen-bond acceptors (Lipinski definition) is 20. The zero-order valence-electron chi connectivity index (χ0n) is 57.8. The van der Waals surface area contributed by atoms with Crippen LogP contribution in [-0.2, 0) is 43.0 Å². The van der Waals surface area contributed by atoms with E-state index in [1.54, 1.807) is 94.9 Å². The molecule has 33 nitrogen and oxygen atoms in total. The molecule has 5 aromatic heterocycles. The first-order valence-corrected chi connectivity index (χ1v) is 33.0. The van der Waals surface area contributed by atoms with Crippen molar-refractivity contribution in [1.82, 2.24) is 79.3 Å². The van der Waals surface area contributed by atoms with Crippen molar-refractivity contribution < 1.29 is 92.2 Å². The summed E-state index contributed by atoms with van der Waals surface area (Å²) in [4.78, 5) is 151. The third kappa shape index (κ3) is 17.6. The van der Waals surface area contributed by atoms with Crippen LogP contribution in [0.15, 0.2) is 102 Å². The minimum Gasteiger partial charge on any atom is -0.870 e. The van der Waals surface area contributed by atoms with Gasteiger partial charge in [0.15, 0.2) is 11.4 Å². The number of amides is 6. The van der Waals surface area contributed by atoms with Crippen molar-refractivity contribution in [2.75, 3.05) is 26.8 Å². The number of methoxy groups -OCH3 is 1. The van der Waals surface area contributed by atoms with Gasteiger partial charge in [-0.1, -0.05) is 50.0 Å². The molecule has 2 aliphatic carbocycles. The Hall–Kier alpha value is -9.45. The van der Waals surface area contributed by atoms with Crippen LogP contribution >= 0.6 is 0 Å². The van der Waals surface area contributed by atoms with Crippen molar-refractivity contribution in [2.45, 2.75) is 197 Å². The third-order valence-corrected chi connectivity index (χ3v) is 18.0. The molecule has 0 bridgehead atoms. The Balaban J connectivity index is 0.000000274. The molecule has 9 heterocycles. The molecule has 34 heteroatoms. The second kappa shape index (κ2) is 32.7. The van der Waals surface area contributed by atoms with Crippen molar-refractivity contribution in [2.24, 2.45) is 11.8 Å². The molecule has 6 amide bonds. The molecule has 0 spiro atoms. The SMILES string of the molecule is CCOC(=O)[C@@]12C[C@H]1/C=C\CCCCC[C@H](NC(=O)OC(C)(C)C)C(=O)N1C[C@H](n3ncc(-n4ccnc4)c(-n4ccnc4)c3=O)C[C@H]1C(=O)N2.COc1cnn([C@@H]2C[C@H]3C(=O)N[C@]4(C(=O)O)C[C@H]4/C=C\CCCCC[C@H](NC(=O)OC(C)(C)C)C(=O)N3C2)c(=O)c1-n1ccnc1.O.[Li+].[OH-]. The molecule has 0 unspecified atom stereocenters. The predicted molar refractivity (Wildman–Crippen MR) is 352 cm³/mol. The van der Waals surface area contributed by atoms with Crippen LogP contribution in [0.3, 0.4) is 0 Å². The Morgan fingerprint density at radius 2 is 1.07 bits per heavy atom. The van der Waals surface area contributed by atoms with Crippen molar-refractivity contribution in [3.05, 3.63) is 114 Å². The summed E-state index contributed by atoms with van der Waals surface area (Å²) in [6, 6.07) is -5.74. The first kappa shape index (κ1) is 77.9. The summed E-state index contributed by atoms with van der Waals surface area (Å²) >= 11 is 0. The summed E-state index contributed by atoms with van der Waals surface area (Å²) in [5.74, 6) is -4.37. The Morgan fingerprint density at radius 1 is 0.630 bits per heavy atom. The monoisotopic (exact) mass is 1380 g/mol. The number of rotatable bonds is 11. The van der Waals surface area contributed by atoms with Crippen LogP contribution in [-0.4, -0.2) is 195 Å². The van der Waals surface area contributed by atoms with Crippen LogP contribution in [0.1, 0.15) is 150 Å². The maximum absolute atomic E-state index is 14.5. The van der Waals surface area contributed by atoms with E-state index in [-0.39, 0.29) is 97.7 Å². The largest absolute Gasteiger partial charge is 1.00 e. The number of imidazole rings is 3. The molecule has 6 aliphatic rings. The Kier molecular flexibility index (Phi) is 25.5. The number of carboxylic acids is 1. The van der Waals surface area contributed by atoms with Gasteiger partial charge in [0.25, 0.3) is 11.1 Å². The summed E-state index contributed by atoms with van der Waals surface area (Å²) < 4.78 is 28.9. The van der Waals surface area contributed by atoms with E-state index in [9.17, 15) is 53.1 Å². The van der Waals surface area contributed by atoms with Gasteiger partial charge in [-0.05, 0) is 99.8 Å². The van der Waals surface area contributed by atoms with Gasteiger partial charge < -0.3 is 70.6 Å². The van der Waals surface area contributed by atoms with Gasteiger partial charge in [-0.15, -0.1) is 0 Å². The van der Waals surface area contributed by atoms with Crippen LogP contribution in [0.25, 0.3) is 17.1 Å². The van der Waals surface area contributed by atoms with E-state index in [0.29, 0.717) is 37.8 Å². The average molecular weight is 1390 g/mol. The molecule has 4 fully saturated rings. The van der Waals surface area contributed by atoms with Crippen molar-refractivity contribution in [3.63, 3.8) is 0 Å². The molecule has 4 aliphatic heterocycles. The number of nitrogens with zero attached hydrogens (tertiary/aromatic N) is 12. The predicted octanol–water partition coefficient (Wildman–Crippen LogP) is 0.563. The second-order valence-corrected chi connectivity index (χ2v) is 27.2. The topological polar surface area (TPSA) is 433 Å². The number of carbonyl (C=O) groups is 8. The van der Waals surface area contributed by atoms with E-state index in [2.05, 4.69) is 46.4 Å². The van der Waals surface area contributed by atoms with Crippen LogP contribution < -0.4 is 56.0 Å². The van der Waals surface area contributed by atoms with Crippen molar-refractivity contribution >= 4 is 47.8 Å². The number of fused-ring (bicyclic) bond motifs is 4. The van der Waals surface area contributed by atoms with Crippen molar-refractivity contribution in [1.29, 1.82) is 0 Å². The van der Waals surface area contributed by atoms with E-state index in [4.69, 9.17) is 18.9 Å². The van der Waals surface area contributed by atoms with Gasteiger partial charge in [0, 0.05) is 74.9 Å². The number of hydrogen-bond donors (Lipinski definition) is 5. The third-order valence-electron chi connectivity index (χ3n) is 18.0. The zero-order chi connectivity index (χ0) is 69.6.